The van der Waals surface area contributed by atoms with Crippen molar-refractivity contribution in [3.8, 4) is 0 Å². The highest BCUT2D eigenvalue weighted by atomic mass is 28.3. The van der Waals surface area contributed by atoms with Gasteiger partial charge in [-0.15, -0.1) is 0 Å². The van der Waals surface area contributed by atoms with E-state index in [1.54, 1.807) is 54.5 Å². The number of hydrogen-bond acceptors (Lipinski definition) is 0. The van der Waals surface area contributed by atoms with Gasteiger partial charge in [-0.05, 0) is 145 Å². The molecule has 356 valence electrons. The van der Waals surface area contributed by atoms with E-state index in [2.05, 4.69) is 115 Å². The Balaban J connectivity index is 2.16. The quantitative estimate of drug-likeness (QED) is 0.0307. The minimum atomic E-state index is -2.80. The van der Waals surface area contributed by atoms with Gasteiger partial charge in [-0.2, -0.15) is 0 Å². The molecule has 0 spiro atoms. The van der Waals surface area contributed by atoms with Gasteiger partial charge in [0.15, 0.2) is 8.07 Å². The summed E-state index contributed by atoms with van der Waals surface area (Å²) < 4.78 is 0. The first-order chi connectivity index (χ1) is 31.5. The number of unbranched alkanes of at least 4 members (excludes halogenated alkanes) is 19. The van der Waals surface area contributed by atoms with Crippen LogP contribution in [-0.4, -0.2) is 8.07 Å². The van der Waals surface area contributed by atoms with Gasteiger partial charge in [0.25, 0.3) is 0 Å². The molecule has 0 bridgehead atoms. The highest BCUT2D eigenvalue weighted by Crippen LogP contribution is 2.34. The topological polar surface area (TPSA) is 0 Å². The molecule has 1 heteroatoms. The molecule has 0 N–H and O–H groups in total. The van der Waals surface area contributed by atoms with Crippen LogP contribution in [0.2, 0.25) is 0 Å². The van der Waals surface area contributed by atoms with E-state index in [0.29, 0.717) is 0 Å². The second-order valence-electron chi connectivity index (χ2n) is 20.4. The largest absolute Gasteiger partial charge is 0.176 e. The number of aryl methyl sites for hydroxylation is 6. The van der Waals surface area contributed by atoms with E-state index in [1.807, 2.05) is 5.20 Å². The highest BCUT2D eigenvalue weighted by molar-refractivity contribution is 7.16. The Morgan fingerprint density at radius 3 is 0.812 bits per heavy atom. The number of benzene rings is 3. The van der Waals surface area contributed by atoms with Gasteiger partial charge in [-0.25, -0.2) is 0 Å². The molecule has 0 aromatic heterocycles. The second-order valence-corrected chi connectivity index (χ2v) is 24.3. The predicted molar refractivity (Wildman–Crippen MR) is 291 cm³/mol. The summed E-state index contributed by atoms with van der Waals surface area (Å²) in [5, 5.41) is 6.94. The maximum absolute atomic E-state index is 2.82. The van der Waals surface area contributed by atoms with Crippen molar-refractivity contribution in [3.63, 3.8) is 0 Å². The lowest BCUT2D eigenvalue weighted by Gasteiger charge is -2.38. The molecular weight excluding hydrogens is 785 g/mol. The third-order valence-electron chi connectivity index (χ3n) is 14.7. The zero-order valence-corrected chi connectivity index (χ0v) is 44.4. The summed E-state index contributed by atoms with van der Waals surface area (Å²) >= 11 is 0. The standard InChI is InChI=1S/C63H100Si/c1-8-15-22-28-35-53-44-54(36-29-23-16-9-2)48-60(47-53)64(63-43-34-42-59(63)41-21-14-7,61-49-55(37-30-24-17-10-3)45-56(50-61)38-31-25-18-11-4)62-51-57(39-32-26-19-12-5)46-58(52-62)40-33-27-20-13-6/h34,42,44-52H,8-33,35-41,43H2,1-7H3. The first kappa shape index (κ1) is 54.0. The second kappa shape index (κ2) is 32.1. The molecular formula is C63H100Si. The molecule has 1 aliphatic carbocycles. The normalized spacial score (nSPS) is 12.9. The van der Waals surface area contributed by atoms with Crippen molar-refractivity contribution >= 4 is 23.6 Å². The Kier molecular flexibility index (Phi) is 27.1. The number of hydrogen-bond donors (Lipinski definition) is 0. The summed E-state index contributed by atoms with van der Waals surface area (Å²) in [6, 6.07) is 24.9. The summed E-state index contributed by atoms with van der Waals surface area (Å²) in [5.41, 5.74) is 11.4. The maximum atomic E-state index is 2.82. The third kappa shape index (κ3) is 17.5. The molecule has 0 radical (unpaired) electrons. The van der Waals surface area contributed by atoms with Crippen molar-refractivity contribution in [1.82, 2.24) is 0 Å². The van der Waals surface area contributed by atoms with Crippen LogP contribution in [0.1, 0.15) is 262 Å². The van der Waals surface area contributed by atoms with E-state index >= 15 is 0 Å². The first-order valence-electron chi connectivity index (χ1n) is 28.3. The lowest BCUT2D eigenvalue weighted by molar-refractivity contribution is 0.661. The predicted octanol–water partition coefficient (Wildman–Crippen LogP) is 17.9. The number of allylic oxidation sites excluding steroid dienone is 4. The van der Waals surface area contributed by atoms with E-state index in [-0.39, 0.29) is 0 Å². The molecule has 3 aromatic rings. The molecule has 0 saturated heterocycles. The first-order valence-corrected chi connectivity index (χ1v) is 30.3. The average Bonchev–Trinajstić information content (AvgIpc) is 3.78. The van der Waals surface area contributed by atoms with Gasteiger partial charge in [-0.1, -0.05) is 248 Å². The monoisotopic (exact) mass is 885 g/mol. The van der Waals surface area contributed by atoms with Crippen LogP contribution in [0.4, 0.5) is 0 Å². The molecule has 0 amide bonds. The zero-order valence-electron chi connectivity index (χ0n) is 43.4. The van der Waals surface area contributed by atoms with Crippen LogP contribution in [0, 0.1) is 0 Å². The van der Waals surface area contributed by atoms with E-state index in [4.69, 9.17) is 0 Å². The lowest BCUT2D eigenvalue weighted by Crippen LogP contribution is -2.69. The Bertz CT molecular complexity index is 1510. The van der Waals surface area contributed by atoms with Gasteiger partial charge in [0.2, 0.25) is 0 Å². The summed E-state index contributed by atoms with van der Waals surface area (Å²) in [7, 11) is -2.80. The van der Waals surface area contributed by atoms with Crippen molar-refractivity contribution in [1.29, 1.82) is 0 Å². The van der Waals surface area contributed by atoms with Crippen molar-refractivity contribution in [2.75, 3.05) is 0 Å². The lowest BCUT2D eigenvalue weighted by atomic mass is 10.00. The van der Waals surface area contributed by atoms with Crippen molar-refractivity contribution < 1.29 is 0 Å². The van der Waals surface area contributed by atoms with Gasteiger partial charge in [0.1, 0.15) is 0 Å². The Morgan fingerprint density at radius 2 is 0.562 bits per heavy atom. The van der Waals surface area contributed by atoms with Gasteiger partial charge >= 0.3 is 0 Å². The molecule has 4 rings (SSSR count). The van der Waals surface area contributed by atoms with Crippen molar-refractivity contribution in [2.45, 2.75) is 267 Å². The van der Waals surface area contributed by atoms with E-state index in [9.17, 15) is 0 Å². The SMILES string of the molecule is CCCCCCc1cc(CCCCCC)cc([Si](C2=C(CCCC)C=CC2)(c2cc(CCCCCC)cc(CCCCCC)c2)c2cc(CCCCCC)cc(CCCCCC)c2)c1. The summed E-state index contributed by atoms with van der Waals surface area (Å²) in [5.74, 6) is 0. The van der Waals surface area contributed by atoms with Crippen LogP contribution in [-0.2, 0) is 38.5 Å². The molecule has 0 saturated carbocycles. The summed E-state index contributed by atoms with van der Waals surface area (Å²) in [6.07, 6.45) is 49.0. The minimum Gasteiger partial charge on any atom is -0.0805 e. The fourth-order valence-corrected chi connectivity index (χ4v) is 16.5. The fourth-order valence-electron chi connectivity index (χ4n) is 10.9. The molecule has 3 aromatic carbocycles. The molecule has 0 atom stereocenters. The van der Waals surface area contributed by atoms with Crippen molar-refractivity contribution in [2.24, 2.45) is 0 Å². The molecule has 1 aliphatic rings. The van der Waals surface area contributed by atoms with Crippen LogP contribution in [0.5, 0.6) is 0 Å². The Morgan fingerprint density at radius 1 is 0.297 bits per heavy atom. The van der Waals surface area contributed by atoms with Crippen LogP contribution >= 0.6 is 0 Å². The van der Waals surface area contributed by atoms with Crippen LogP contribution in [0.3, 0.4) is 0 Å². The highest BCUT2D eigenvalue weighted by Gasteiger charge is 2.45. The van der Waals surface area contributed by atoms with Crippen LogP contribution in [0.15, 0.2) is 77.5 Å². The smallest absolute Gasteiger partial charge is 0.0805 e. The van der Waals surface area contributed by atoms with Gasteiger partial charge < -0.3 is 0 Å². The van der Waals surface area contributed by atoms with E-state index in [0.717, 1.165) is 6.42 Å². The van der Waals surface area contributed by atoms with Gasteiger partial charge in [0.05, 0.1) is 0 Å². The number of rotatable bonds is 37. The summed E-state index contributed by atoms with van der Waals surface area (Å²) in [4.78, 5) is 0. The third-order valence-corrected chi connectivity index (χ3v) is 19.5. The van der Waals surface area contributed by atoms with Crippen molar-refractivity contribution in [3.05, 3.63) is 111 Å². The maximum Gasteiger partial charge on any atom is 0.176 e. The molecule has 0 fully saturated rings. The van der Waals surface area contributed by atoms with Gasteiger partial charge in [-0.3, -0.25) is 0 Å². The Hall–Kier alpha value is -2.64. The van der Waals surface area contributed by atoms with E-state index < -0.39 is 8.07 Å². The molecule has 64 heavy (non-hydrogen) atoms. The summed E-state index contributed by atoms with van der Waals surface area (Å²) in [6.45, 7) is 16.6. The zero-order chi connectivity index (χ0) is 45.7. The average molecular weight is 886 g/mol. The molecule has 0 heterocycles. The van der Waals surface area contributed by atoms with Gasteiger partial charge in [0, 0.05) is 0 Å². The Labute approximate surface area is 399 Å². The van der Waals surface area contributed by atoms with Crippen LogP contribution in [0.25, 0.3) is 0 Å². The fraction of sp³-hybridized carbons (Fsp3) is 0.651. The minimum absolute atomic E-state index is 1.11. The molecule has 0 aliphatic heterocycles. The molecule has 0 unspecified atom stereocenters. The molecule has 0 nitrogen and oxygen atoms in total. The van der Waals surface area contributed by atoms with E-state index in [1.165, 1.54) is 212 Å². The van der Waals surface area contributed by atoms with Crippen LogP contribution < -0.4 is 15.6 Å².